The standard InChI is InChI=1S/C16H22N4O/c1-6-21-13-7-12(8-18-9-13)14-11(4)16(17-5)20-15(19-14)10(2)3/h7-10H,6H2,1-5H3,(H,17,19,20). The zero-order valence-corrected chi connectivity index (χ0v) is 13.3. The summed E-state index contributed by atoms with van der Waals surface area (Å²) in [6.07, 6.45) is 3.52. The molecule has 0 aliphatic rings. The van der Waals surface area contributed by atoms with Gasteiger partial charge in [0.25, 0.3) is 0 Å². The van der Waals surface area contributed by atoms with Crippen LogP contribution in [0.1, 0.15) is 38.1 Å². The monoisotopic (exact) mass is 286 g/mol. The van der Waals surface area contributed by atoms with Crippen LogP contribution in [0.2, 0.25) is 0 Å². The van der Waals surface area contributed by atoms with E-state index in [2.05, 4.69) is 29.1 Å². The van der Waals surface area contributed by atoms with Gasteiger partial charge in [-0.05, 0) is 19.9 Å². The molecule has 0 fully saturated rings. The van der Waals surface area contributed by atoms with Gasteiger partial charge in [0.1, 0.15) is 17.4 Å². The summed E-state index contributed by atoms with van der Waals surface area (Å²) in [7, 11) is 1.87. The van der Waals surface area contributed by atoms with Crippen LogP contribution in [0, 0.1) is 6.92 Å². The molecule has 1 N–H and O–H groups in total. The highest BCUT2D eigenvalue weighted by atomic mass is 16.5. The predicted octanol–water partition coefficient (Wildman–Crippen LogP) is 3.41. The largest absolute Gasteiger partial charge is 0.492 e. The molecule has 5 heteroatoms. The highest BCUT2D eigenvalue weighted by Gasteiger charge is 2.14. The highest BCUT2D eigenvalue weighted by molar-refractivity contribution is 5.68. The molecule has 0 atom stereocenters. The summed E-state index contributed by atoms with van der Waals surface area (Å²) in [5.41, 5.74) is 2.85. The van der Waals surface area contributed by atoms with Gasteiger partial charge in [0, 0.05) is 30.3 Å². The third-order valence-corrected chi connectivity index (χ3v) is 3.21. The lowest BCUT2D eigenvalue weighted by Crippen LogP contribution is -2.06. The fourth-order valence-corrected chi connectivity index (χ4v) is 2.11. The number of aromatic nitrogens is 3. The number of rotatable bonds is 5. The van der Waals surface area contributed by atoms with Crippen LogP contribution in [-0.4, -0.2) is 28.6 Å². The Morgan fingerprint density at radius 3 is 2.62 bits per heavy atom. The summed E-state index contributed by atoms with van der Waals surface area (Å²) in [6.45, 7) is 8.76. The summed E-state index contributed by atoms with van der Waals surface area (Å²) < 4.78 is 5.52. The minimum Gasteiger partial charge on any atom is -0.492 e. The molecular weight excluding hydrogens is 264 g/mol. The molecule has 0 radical (unpaired) electrons. The summed E-state index contributed by atoms with van der Waals surface area (Å²) in [6, 6.07) is 1.97. The lowest BCUT2D eigenvalue weighted by Gasteiger charge is -2.14. The maximum Gasteiger partial charge on any atom is 0.138 e. The van der Waals surface area contributed by atoms with Gasteiger partial charge in [-0.15, -0.1) is 0 Å². The number of nitrogens with zero attached hydrogens (tertiary/aromatic N) is 3. The molecule has 21 heavy (non-hydrogen) atoms. The fraction of sp³-hybridized carbons (Fsp3) is 0.438. The van der Waals surface area contributed by atoms with E-state index in [4.69, 9.17) is 9.72 Å². The molecule has 0 amide bonds. The summed E-state index contributed by atoms with van der Waals surface area (Å²) >= 11 is 0. The third-order valence-electron chi connectivity index (χ3n) is 3.21. The van der Waals surface area contributed by atoms with Gasteiger partial charge in [-0.3, -0.25) is 4.98 Å². The lowest BCUT2D eigenvalue weighted by molar-refractivity contribution is 0.339. The molecule has 0 aliphatic heterocycles. The van der Waals surface area contributed by atoms with Crippen molar-refractivity contribution in [1.82, 2.24) is 15.0 Å². The van der Waals surface area contributed by atoms with Crippen molar-refractivity contribution in [2.75, 3.05) is 19.0 Å². The van der Waals surface area contributed by atoms with E-state index >= 15 is 0 Å². The van der Waals surface area contributed by atoms with E-state index in [1.807, 2.05) is 27.0 Å². The molecule has 0 saturated heterocycles. The molecule has 112 valence electrons. The van der Waals surface area contributed by atoms with Gasteiger partial charge in [-0.2, -0.15) is 0 Å². The van der Waals surface area contributed by atoms with Crippen LogP contribution in [0.5, 0.6) is 5.75 Å². The Hall–Kier alpha value is -2.17. The van der Waals surface area contributed by atoms with Crippen molar-refractivity contribution in [3.63, 3.8) is 0 Å². The number of hydrogen-bond donors (Lipinski definition) is 1. The van der Waals surface area contributed by atoms with Crippen LogP contribution >= 0.6 is 0 Å². The quantitative estimate of drug-likeness (QED) is 0.912. The zero-order valence-electron chi connectivity index (χ0n) is 13.3. The summed E-state index contributed by atoms with van der Waals surface area (Å²) in [5.74, 6) is 2.69. The SMILES string of the molecule is CCOc1cncc(-c2nc(C(C)C)nc(NC)c2C)c1. The topological polar surface area (TPSA) is 59.9 Å². The van der Waals surface area contributed by atoms with Crippen LogP contribution in [0.25, 0.3) is 11.3 Å². The van der Waals surface area contributed by atoms with Gasteiger partial charge < -0.3 is 10.1 Å². The number of nitrogens with one attached hydrogen (secondary N) is 1. The molecule has 0 aliphatic carbocycles. The number of hydrogen-bond acceptors (Lipinski definition) is 5. The zero-order chi connectivity index (χ0) is 15.4. The number of ether oxygens (including phenoxy) is 1. The van der Waals surface area contributed by atoms with Gasteiger partial charge in [0.05, 0.1) is 18.5 Å². The summed E-state index contributed by atoms with van der Waals surface area (Å²) in [4.78, 5) is 13.5. The first kappa shape index (κ1) is 15.2. The highest BCUT2D eigenvalue weighted by Crippen LogP contribution is 2.28. The molecule has 0 aromatic carbocycles. The van der Waals surface area contributed by atoms with Gasteiger partial charge >= 0.3 is 0 Å². The average Bonchev–Trinajstić information content (AvgIpc) is 2.48. The van der Waals surface area contributed by atoms with Crippen molar-refractivity contribution in [2.24, 2.45) is 0 Å². The van der Waals surface area contributed by atoms with Crippen molar-refractivity contribution in [3.05, 3.63) is 29.8 Å². The van der Waals surface area contributed by atoms with E-state index in [0.717, 1.165) is 34.2 Å². The number of anilines is 1. The Balaban J connectivity index is 2.56. The summed E-state index contributed by atoms with van der Waals surface area (Å²) in [5, 5.41) is 3.14. The second-order valence-electron chi connectivity index (χ2n) is 5.15. The van der Waals surface area contributed by atoms with Crippen molar-refractivity contribution in [3.8, 4) is 17.0 Å². The Kier molecular flexibility index (Phi) is 4.73. The van der Waals surface area contributed by atoms with Gasteiger partial charge in [0.15, 0.2) is 0 Å². The minimum absolute atomic E-state index is 0.263. The molecule has 2 aromatic heterocycles. The minimum atomic E-state index is 0.263. The van der Waals surface area contributed by atoms with Crippen LogP contribution in [0.3, 0.4) is 0 Å². The normalized spacial score (nSPS) is 10.8. The van der Waals surface area contributed by atoms with Gasteiger partial charge in [-0.25, -0.2) is 9.97 Å². The first-order valence-electron chi connectivity index (χ1n) is 7.21. The molecule has 5 nitrogen and oxygen atoms in total. The van der Waals surface area contributed by atoms with Crippen LogP contribution < -0.4 is 10.1 Å². The van der Waals surface area contributed by atoms with E-state index in [1.54, 1.807) is 12.4 Å². The molecule has 2 aromatic rings. The van der Waals surface area contributed by atoms with Gasteiger partial charge in [-0.1, -0.05) is 13.8 Å². The Bertz CT molecular complexity index is 626. The second kappa shape index (κ2) is 6.52. The smallest absolute Gasteiger partial charge is 0.138 e. The predicted molar refractivity (Wildman–Crippen MR) is 84.8 cm³/mol. The molecule has 0 saturated carbocycles. The van der Waals surface area contributed by atoms with Crippen molar-refractivity contribution >= 4 is 5.82 Å². The molecule has 2 heterocycles. The van der Waals surface area contributed by atoms with Crippen molar-refractivity contribution in [1.29, 1.82) is 0 Å². The first-order valence-corrected chi connectivity index (χ1v) is 7.21. The van der Waals surface area contributed by atoms with E-state index in [0.29, 0.717) is 6.61 Å². The second-order valence-corrected chi connectivity index (χ2v) is 5.15. The Morgan fingerprint density at radius 1 is 1.24 bits per heavy atom. The van der Waals surface area contributed by atoms with Crippen LogP contribution in [0.15, 0.2) is 18.5 Å². The molecular formula is C16H22N4O. The molecule has 0 unspecified atom stereocenters. The fourth-order valence-electron chi connectivity index (χ4n) is 2.11. The lowest BCUT2D eigenvalue weighted by atomic mass is 10.1. The Labute approximate surface area is 125 Å². The molecule has 2 rings (SSSR count). The molecule has 0 bridgehead atoms. The van der Waals surface area contributed by atoms with Crippen LogP contribution in [0.4, 0.5) is 5.82 Å². The maximum atomic E-state index is 5.52. The average molecular weight is 286 g/mol. The Morgan fingerprint density at radius 2 is 2.00 bits per heavy atom. The van der Waals surface area contributed by atoms with Crippen LogP contribution in [-0.2, 0) is 0 Å². The van der Waals surface area contributed by atoms with E-state index < -0.39 is 0 Å². The van der Waals surface area contributed by atoms with E-state index in [9.17, 15) is 0 Å². The third kappa shape index (κ3) is 3.29. The van der Waals surface area contributed by atoms with E-state index in [1.165, 1.54) is 0 Å². The molecule has 0 spiro atoms. The van der Waals surface area contributed by atoms with Crippen molar-refractivity contribution in [2.45, 2.75) is 33.6 Å². The number of pyridine rings is 1. The van der Waals surface area contributed by atoms with Gasteiger partial charge in [0.2, 0.25) is 0 Å². The van der Waals surface area contributed by atoms with E-state index in [-0.39, 0.29) is 5.92 Å². The van der Waals surface area contributed by atoms with Crippen molar-refractivity contribution < 1.29 is 4.74 Å². The first-order chi connectivity index (χ1) is 10.1. The maximum absolute atomic E-state index is 5.52.